The Morgan fingerprint density at radius 3 is 1.86 bits per heavy atom. The molecule has 0 saturated heterocycles. The van der Waals surface area contributed by atoms with Gasteiger partial charge in [0.2, 0.25) is 5.88 Å². The van der Waals surface area contributed by atoms with E-state index in [2.05, 4.69) is 4.98 Å². The van der Waals surface area contributed by atoms with E-state index < -0.39 is 5.54 Å². The van der Waals surface area contributed by atoms with Crippen LogP contribution in [0.25, 0.3) is 5.65 Å². The molecule has 3 aromatic heterocycles. The summed E-state index contributed by atoms with van der Waals surface area (Å²) in [5.41, 5.74) is 4.25. The van der Waals surface area contributed by atoms with Gasteiger partial charge in [0, 0.05) is 18.8 Å². The molecule has 0 aliphatic carbocycles. The van der Waals surface area contributed by atoms with Gasteiger partial charge in [0.25, 0.3) is 0 Å². The van der Waals surface area contributed by atoms with E-state index in [4.69, 9.17) is 4.74 Å². The fraction of sp³-hybridized carbons (Fsp3) is 0.0811. The van der Waals surface area contributed by atoms with Crippen molar-refractivity contribution in [3.05, 3.63) is 188 Å². The molecule has 7 aromatic rings. The number of hydrogen-bond acceptors (Lipinski definition) is 5. The molecule has 0 fully saturated rings. The van der Waals surface area contributed by atoms with Gasteiger partial charge in [-0.3, -0.25) is 9.36 Å². The smallest absolute Gasteiger partial charge is 0.311 e. The molecular weight excluding hydrogens is 566 g/mol. The maximum Gasteiger partial charge on any atom is 0.311 e. The minimum Gasteiger partial charge on any atom is -0.494 e. The van der Waals surface area contributed by atoms with Crippen molar-refractivity contribution in [2.45, 2.75) is 18.6 Å². The van der Waals surface area contributed by atoms with Crippen LogP contribution in [0.1, 0.15) is 32.8 Å². The van der Waals surface area contributed by atoms with Gasteiger partial charge in [0.1, 0.15) is 23.5 Å². The zero-order valence-corrected chi connectivity index (χ0v) is 24.6. The van der Waals surface area contributed by atoms with Crippen molar-refractivity contribution >= 4 is 17.0 Å². The third-order valence-corrected chi connectivity index (χ3v) is 8.78. The summed E-state index contributed by atoms with van der Waals surface area (Å²) in [7, 11) is 0. The van der Waals surface area contributed by atoms with Crippen LogP contribution in [-0.4, -0.2) is 19.1 Å². The lowest BCUT2D eigenvalue weighted by Crippen LogP contribution is -2.42. The highest BCUT2D eigenvalue weighted by molar-refractivity contribution is 7.09. The Morgan fingerprint density at radius 1 is 0.727 bits per heavy atom. The number of aromatic nitrogens is 3. The van der Waals surface area contributed by atoms with Gasteiger partial charge in [-0.25, -0.2) is 4.98 Å². The molecule has 7 rings (SSSR count). The molecule has 6 nitrogen and oxygen atoms in total. The molecule has 1 N–H and O–H groups in total. The zero-order chi connectivity index (χ0) is 29.9. The van der Waals surface area contributed by atoms with Gasteiger partial charge in [-0.15, -0.1) is 0 Å². The lowest BCUT2D eigenvalue weighted by atomic mass is 9.76. The molecule has 0 amide bonds. The number of rotatable bonds is 9. The average Bonchev–Trinajstić information content (AvgIpc) is 3.62. The van der Waals surface area contributed by atoms with Crippen molar-refractivity contribution in [1.29, 1.82) is 0 Å². The SMILES string of the molecule is O=c1sc(Cc2ccc(OCc3cn4ccccc4n3)cc2)c(O)n1C(c1ccccc1)(c1ccccc1)c1ccccc1. The number of ether oxygens (including phenoxy) is 1. The molecule has 0 atom stereocenters. The summed E-state index contributed by atoms with van der Waals surface area (Å²) in [5.74, 6) is 0.681. The third kappa shape index (κ3) is 4.97. The van der Waals surface area contributed by atoms with Crippen molar-refractivity contribution in [2.24, 2.45) is 0 Å². The number of hydrogen-bond donors (Lipinski definition) is 1. The first kappa shape index (κ1) is 27.4. The molecule has 0 radical (unpaired) electrons. The summed E-state index contributed by atoms with van der Waals surface area (Å²) in [6.07, 6.45) is 4.32. The van der Waals surface area contributed by atoms with Crippen LogP contribution in [-0.2, 0) is 18.6 Å². The first-order valence-electron chi connectivity index (χ1n) is 14.4. The van der Waals surface area contributed by atoms with E-state index in [0.717, 1.165) is 50.7 Å². The molecule has 0 aliphatic heterocycles. The van der Waals surface area contributed by atoms with Crippen LogP contribution in [0.4, 0.5) is 0 Å². The van der Waals surface area contributed by atoms with Gasteiger partial charge >= 0.3 is 4.87 Å². The van der Waals surface area contributed by atoms with E-state index in [-0.39, 0.29) is 10.8 Å². The molecule has 0 unspecified atom stereocenters. The molecular formula is C37H29N3O3S. The molecule has 0 aliphatic rings. The minimum atomic E-state index is -1.07. The number of thiazole rings is 1. The Kier molecular flexibility index (Phi) is 7.30. The monoisotopic (exact) mass is 595 g/mol. The van der Waals surface area contributed by atoms with Crippen LogP contribution in [0.2, 0.25) is 0 Å². The predicted molar refractivity (Wildman–Crippen MR) is 174 cm³/mol. The van der Waals surface area contributed by atoms with Gasteiger partial charge in [0.05, 0.1) is 10.6 Å². The maximum absolute atomic E-state index is 14.0. The third-order valence-electron chi connectivity index (χ3n) is 7.85. The van der Waals surface area contributed by atoms with Crippen LogP contribution in [0.15, 0.2) is 151 Å². The van der Waals surface area contributed by atoms with Crippen LogP contribution in [0.3, 0.4) is 0 Å². The standard InChI is InChI=1S/C37H29N3O3S/c41-35-33(24-27-19-21-32(22-20-27)43-26-31-25-39-23-11-10-18-34(39)38-31)44-36(42)40(35)37(28-12-4-1-5-13-28,29-14-6-2-7-15-29)30-16-8-3-9-17-30/h1-23,25,41H,24,26H2. The lowest BCUT2D eigenvalue weighted by molar-refractivity contribution is 0.302. The summed E-state index contributed by atoms with van der Waals surface area (Å²) in [6.45, 7) is 0.354. The van der Waals surface area contributed by atoms with E-state index >= 15 is 0 Å². The Labute approximate surface area is 258 Å². The Bertz CT molecular complexity index is 1940. The van der Waals surface area contributed by atoms with Crippen LogP contribution >= 0.6 is 11.3 Å². The quantitative estimate of drug-likeness (QED) is 0.178. The normalized spacial score (nSPS) is 11.5. The first-order chi connectivity index (χ1) is 21.6. The number of pyridine rings is 1. The molecule has 3 heterocycles. The number of benzene rings is 4. The van der Waals surface area contributed by atoms with Crippen molar-refractivity contribution < 1.29 is 9.84 Å². The van der Waals surface area contributed by atoms with Crippen molar-refractivity contribution in [1.82, 2.24) is 14.0 Å². The van der Waals surface area contributed by atoms with E-state index in [0.29, 0.717) is 17.9 Å². The van der Waals surface area contributed by atoms with Crippen molar-refractivity contribution in [2.75, 3.05) is 0 Å². The Morgan fingerprint density at radius 2 is 1.30 bits per heavy atom. The number of imidazole rings is 1. The summed E-state index contributed by atoms with van der Waals surface area (Å²) in [4.78, 5) is 18.9. The fourth-order valence-corrected chi connectivity index (χ4v) is 6.79. The topological polar surface area (TPSA) is 68.8 Å². The van der Waals surface area contributed by atoms with Crippen LogP contribution in [0, 0.1) is 0 Å². The highest BCUT2D eigenvalue weighted by Crippen LogP contribution is 2.43. The first-order valence-corrected chi connectivity index (χ1v) is 15.2. The second-order valence-electron chi connectivity index (χ2n) is 10.6. The van der Waals surface area contributed by atoms with Crippen molar-refractivity contribution in [3.63, 3.8) is 0 Å². The predicted octanol–water partition coefficient (Wildman–Crippen LogP) is 7.27. The maximum atomic E-state index is 14.0. The van der Waals surface area contributed by atoms with Gasteiger partial charge in [-0.05, 0) is 46.5 Å². The number of nitrogens with zero attached hydrogens (tertiary/aromatic N) is 3. The number of aromatic hydroxyl groups is 1. The van der Waals surface area contributed by atoms with E-state index in [9.17, 15) is 9.90 Å². The Balaban J connectivity index is 1.22. The van der Waals surface area contributed by atoms with Crippen molar-refractivity contribution in [3.8, 4) is 11.6 Å². The molecule has 0 spiro atoms. The lowest BCUT2D eigenvalue weighted by Gasteiger charge is -2.37. The van der Waals surface area contributed by atoms with E-state index in [1.807, 2.05) is 150 Å². The molecule has 0 bridgehead atoms. The van der Waals surface area contributed by atoms with Gasteiger partial charge in [0.15, 0.2) is 0 Å². The van der Waals surface area contributed by atoms with Crippen LogP contribution < -0.4 is 9.61 Å². The average molecular weight is 596 g/mol. The molecule has 4 aromatic carbocycles. The summed E-state index contributed by atoms with van der Waals surface area (Å²) < 4.78 is 9.51. The van der Waals surface area contributed by atoms with Crippen LogP contribution in [0.5, 0.6) is 11.6 Å². The second-order valence-corrected chi connectivity index (χ2v) is 11.6. The summed E-state index contributed by atoms with van der Waals surface area (Å²) in [6, 6.07) is 43.3. The zero-order valence-electron chi connectivity index (χ0n) is 23.8. The second kappa shape index (κ2) is 11.7. The van der Waals surface area contributed by atoms with Gasteiger partial charge < -0.3 is 14.2 Å². The summed E-state index contributed by atoms with van der Waals surface area (Å²) >= 11 is 1.08. The van der Waals surface area contributed by atoms with Gasteiger partial charge in [-0.2, -0.15) is 0 Å². The minimum absolute atomic E-state index is 0.0382. The molecule has 7 heteroatoms. The largest absolute Gasteiger partial charge is 0.494 e. The molecule has 44 heavy (non-hydrogen) atoms. The highest BCUT2D eigenvalue weighted by atomic mass is 32.1. The van der Waals surface area contributed by atoms with E-state index in [1.54, 1.807) is 4.57 Å². The Hall–Kier alpha value is -5.40. The van der Waals surface area contributed by atoms with Gasteiger partial charge in [-0.1, -0.05) is 121 Å². The van der Waals surface area contributed by atoms with E-state index in [1.165, 1.54) is 0 Å². The molecule has 0 saturated carbocycles. The summed E-state index contributed by atoms with van der Waals surface area (Å²) in [5, 5.41) is 11.9. The molecule has 216 valence electrons. The highest BCUT2D eigenvalue weighted by Gasteiger charge is 2.42. The number of fused-ring (bicyclic) bond motifs is 1. The fourth-order valence-electron chi connectivity index (χ4n) is 5.85.